The maximum absolute atomic E-state index is 12.4. The molecule has 0 aliphatic rings. The smallest absolute Gasteiger partial charge is 0.256 e. The number of nitrogens with zero attached hydrogens (tertiary/aromatic N) is 1. The molecule has 124 valence electrons. The van der Waals surface area contributed by atoms with Crippen LogP contribution in [0.5, 0.6) is 0 Å². The van der Waals surface area contributed by atoms with E-state index in [0.29, 0.717) is 11.3 Å². The molecule has 0 saturated carbocycles. The molecule has 0 fully saturated rings. The Morgan fingerprint density at radius 2 is 1.87 bits per heavy atom. The Morgan fingerprint density at radius 1 is 1.26 bits per heavy atom. The fourth-order valence-corrected chi connectivity index (χ4v) is 3.54. The molecule has 0 spiro atoms. The molecule has 0 bridgehead atoms. The lowest BCUT2D eigenvalue weighted by atomic mass is 10.1. The molecule has 6 nitrogen and oxygen atoms in total. The van der Waals surface area contributed by atoms with Crippen molar-refractivity contribution in [3.05, 3.63) is 41.1 Å². The summed E-state index contributed by atoms with van der Waals surface area (Å²) in [6.45, 7) is 3.64. The topological polar surface area (TPSA) is 88.2 Å². The Kier molecular flexibility index (Phi) is 5.06. The van der Waals surface area contributed by atoms with Gasteiger partial charge in [-0.05, 0) is 43.1 Å². The van der Waals surface area contributed by atoms with Crippen LogP contribution >= 0.6 is 11.5 Å². The van der Waals surface area contributed by atoms with Gasteiger partial charge in [0.1, 0.15) is 5.00 Å². The van der Waals surface area contributed by atoms with Gasteiger partial charge in [-0.25, -0.2) is 8.42 Å². The number of benzene rings is 1. The van der Waals surface area contributed by atoms with Crippen molar-refractivity contribution in [2.24, 2.45) is 0 Å². The van der Waals surface area contributed by atoms with E-state index in [0.717, 1.165) is 10.6 Å². The monoisotopic (exact) mass is 353 g/mol. The van der Waals surface area contributed by atoms with Gasteiger partial charge in [0.05, 0.1) is 22.2 Å². The number of aromatic nitrogens is 1. The van der Waals surface area contributed by atoms with Gasteiger partial charge in [-0.15, -0.1) is 0 Å². The predicted molar refractivity (Wildman–Crippen MR) is 91.8 cm³/mol. The van der Waals surface area contributed by atoms with Crippen molar-refractivity contribution in [2.45, 2.75) is 24.8 Å². The molecule has 0 aliphatic heterocycles. The minimum absolute atomic E-state index is 0.208. The first-order valence-electron chi connectivity index (χ1n) is 6.99. The van der Waals surface area contributed by atoms with Crippen molar-refractivity contribution in [3.63, 3.8) is 0 Å². The van der Waals surface area contributed by atoms with Gasteiger partial charge in [-0.3, -0.25) is 4.79 Å². The molecule has 1 aromatic heterocycles. The summed E-state index contributed by atoms with van der Waals surface area (Å²) in [4.78, 5) is 12.7. The second-order valence-electron chi connectivity index (χ2n) is 5.26. The summed E-state index contributed by atoms with van der Waals surface area (Å²) in [5.41, 5.74) is 2.05. The van der Waals surface area contributed by atoms with Crippen molar-refractivity contribution in [3.8, 4) is 0 Å². The van der Waals surface area contributed by atoms with Crippen molar-refractivity contribution in [2.75, 3.05) is 18.6 Å². The van der Waals surface area contributed by atoms with Crippen LogP contribution in [0.25, 0.3) is 0 Å². The molecule has 2 aromatic rings. The van der Waals surface area contributed by atoms with E-state index in [-0.39, 0.29) is 16.8 Å². The van der Waals surface area contributed by atoms with E-state index >= 15 is 0 Å². The molecular weight excluding hydrogens is 334 g/mol. The van der Waals surface area contributed by atoms with E-state index in [1.165, 1.54) is 17.8 Å². The predicted octanol–water partition coefficient (Wildman–Crippen LogP) is 2.39. The third kappa shape index (κ3) is 3.89. The average molecular weight is 353 g/mol. The zero-order valence-electron chi connectivity index (χ0n) is 13.4. The van der Waals surface area contributed by atoms with Gasteiger partial charge in [-0.2, -0.15) is 4.37 Å². The lowest BCUT2D eigenvalue weighted by molar-refractivity contribution is 0.0940. The normalized spacial score (nSPS) is 12.7. The Balaban J connectivity index is 2.17. The quantitative estimate of drug-likeness (QED) is 0.862. The highest BCUT2D eigenvalue weighted by Crippen LogP contribution is 2.25. The van der Waals surface area contributed by atoms with E-state index in [1.54, 1.807) is 38.2 Å². The van der Waals surface area contributed by atoms with Gasteiger partial charge >= 0.3 is 0 Å². The van der Waals surface area contributed by atoms with Crippen LogP contribution in [-0.2, 0) is 9.84 Å². The molecule has 2 N–H and O–H groups in total. The maximum atomic E-state index is 12.4. The van der Waals surface area contributed by atoms with Crippen molar-refractivity contribution >= 4 is 32.3 Å². The molecule has 8 heteroatoms. The molecule has 1 heterocycles. The van der Waals surface area contributed by atoms with E-state index < -0.39 is 9.84 Å². The highest BCUT2D eigenvalue weighted by molar-refractivity contribution is 7.90. The second kappa shape index (κ2) is 6.67. The van der Waals surface area contributed by atoms with Crippen LogP contribution in [0.2, 0.25) is 0 Å². The van der Waals surface area contributed by atoms with Crippen LogP contribution in [0.4, 0.5) is 5.00 Å². The summed E-state index contributed by atoms with van der Waals surface area (Å²) < 4.78 is 27.1. The van der Waals surface area contributed by atoms with Crippen LogP contribution in [0.15, 0.2) is 29.2 Å². The van der Waals surface area contributed by atoms with E-state index in [1.807, 2.05) is 6.92 Å². The zero-order valence-corrected chi connectivity index (χ0v) is 15.0. The van der Waals surface area contributed by atoms with Gasteiger partial charge in [-0.1, -0.05) is 12.1 Å². The van der Waals surface area contributed by atoms with Gasteiger partial charge in [0.15, 0.2) is 9.84 Å². The Morgan fingerprint density at radius 3 is 2.39 bits per heavy atom. The van der Waals surface area contributed by atoms with Gasteiger partial charge < -0.3 is 10.6 Å². The van der Waals surface area contributed by atoms with E-state index in [4.69, 9.17) is 0 Å². The summed E-state index contributed by atoms with van der Waals surface area (Å²) >= 11 is 1.24. The summed E-state index contributed by atoms with van der Waals surface area (Å²) in [6.07, 6.45) is 1.17. The summed E-state index contributed by atoms with van der Waals surface area (Å²) in [7, 11) is -1.47. The van der Waals surface area contributed by atoms with Crippen LogP contribution in [-0.4, -0.2) is 32.0 Å². The van der Waals surface area contributed by atoms with Crippen LogP contribution in [0, 0.1) is 6.92 Å². The first kappa shape index (κ1) is 17.4. The lowest BCUT2D eigenvalue weighted by Gasteiger charge is -2.15. The number of hydrogen-bond acceptors (Lipinski definition) is 6. The Labute approximate surface area is 140 Å². The number of hydrogen-bond donors (Lipinski definition) is 2. The molecule has 0 saturated heterocycles. The van der Waals surface area contributed by atoms with Gasteiger partial charge in [0.2, 0.25) is 0 Å². The lowest BCUT2D eigenvalue weighted by Crippen LogP contribution is -2.27. The van der Waals surface area contributed by atoms with Gasteiger partial charge in [0.25, 0.3) is 5.91 Å². The first-order valence-corrected chi connectivity index (χ1v) is 9.65. The average Bonchev–Trinajstić information content (AvgIpc) is 2.87. The second-order valence-corrected chi connectivity index (χ2v) is 8.05. The van der Waals surface area contributed by atoms with E-state index in [2.05, 4.69) is 15.0 Å². The third-order valence-corrected chi connectivity index (χ3v) is 5.56. The number of sulfone groups is 1. The minimum Gasteiger partial charge on any atom is -0.378 e. The zero-order chi connectivity index (χ0) is 17.2. The molecular formula is C15H19N3O3S2. The summed E-state index contributed by atoms with van der Waals surface area (Å²) in [6, 6.07) is 6.26. The molecule has 0 radical (unpaired) electrons. The largest absolute Gasteiger partial charge is 0.378 e. The van der Waals surface area contributed by atoms with E-state index in [9.17, 15) is 13.2 Å². The standard InChI is InChI=1S/C15H19N3O3S2/c1-9(11-5-7-12(8-6-11)23(4,20)21)17-14(19)13-10(2)18-22-15(13)16-3/h5-9,16H,1-4H3,(H,17,19)/t9-/m1/s1. The highest BCUT2D eigenvalue weighted by atomic mass is 32.2. The first-order chi connectivity index (χ1) is 10.7. The molecule has 1 atom stereocenters. The third-order valence-electron chi connectivity index (χ3n) is 3.47. The molecule has 0 aliphatic carbocycles. The molecule has 2 rings (SSSR count). The minimum atomic E-state index is -3.22. The van der Waals surface area contributed by atoms with Crippen molar-refractivity contribution in [1.82, 2.24) is 9.69 Å². The van der Waals surface area contributed by atoms with Crippen LogP contribution in [0.1, 0.15) is 34.6 Å². The number of carbonyl (C=O) groups excluding carboxylic acids is 1. The number of amides is 1. The fourth-order valence-electron chi connectivity index (χ4n) is 2.16. The molecule has 1 aromatic carbocycles. The number of aryl methyl sites for hydroxylation is 1. The van der Waals surface area contributed by atoms with Gasteiger partial charge in [0, 0.05) is 13.3 Å². The highest BCUT2D eigenvalue weighted by Gasteiger charge is 2.20. The number of anilines is 1. The number of nitrogens with one attached hydrogen (secondary N) is 2. The Bertz CT molecular complexity index is 811. The number of carbonyl (C=O) groups is 1. The van der Waals surface area contributed by atoms with Crippen molar-refractivity contribution < 1.29 is 13.2 Å². The SMILES string of the molecule is CNc1snc(C)c1C(=O)N[C@H](C)c1ccc(S(C)(=O)=O)cc1. The van der Waals surface area contributed by atoms with Crippen LogP contribution < -0.4 is 10.6 Å². The molecule has 0 unspecified atom stereocenters. The number of rotatable bonds is 5. The molecule has 23 heavy (non-hydrogen) atoms. The van der Waals surface area contributed by atoms with Crippen molar-refractivity contribution in [1.29, 1.82) is 0 Å². The molecule has 1 amide bonds. The Hall–Kier alpha value is -1.93. The fraction of sp³-hybridized carbons (Fsp3) is 0.333. The van der Waals surface area contributed by atoms with Crippen LogP contribution in [0.3, 0.4) is 0 Å². The maximum Gasteiger partial charge on any atom is 0.256 e. The summed E-state index contributed by atoms with van der Waals surface area (Å²) in [5, 5.41) is 6.60. The summed E-state index contributed by atoms with van der Waals surface area (Å²) in [5.74, 6) is -0.208.